The van der Waals surface area contributed by atoms with Crippen LogP contribution in [0, 0.1) is 0 Å². The lowest BCUT2D eigenvalue weighted by Crippen LogP contribution is -2.53. The Balaban J connectivity index is 1.29. The molecule has 2 aliphatic heterocycles. The lowest BCUT2D eigenvalue weighted by molar-refractivity contribution is 0.121. The molecule has 7 nitrogen and oxygen atoms in total. The van der Waals surface area contributed by atoms with Crippen molar-refractivity contribution in [1.82, 2.24) is 25.2 Å². The molecule has 0 bridgehead atoms. The topological polar surface area (TPSA) is 82.2 Å². The van der Waals surface area contributed by atoms with Gasteiger partial charge in [0.15, 0.2) is 0 Å². The summed E-state index contributed by atoms with van der Waals surface area (Å²) in [6.07, 6.45) is 3.33. The van der Waals surface area contributed by atoms with E-state index in [9.17, 15) is 9.36 Å². The average molecular weight is 387 g/mol. The van der Waals surface area contributed by atoms with Crippen LogP contribution in [-0.4, -0.2) is 70.8 Å². The molecule has 0 radical (unpaired) electrons. The van der Waals surface area contributed by atoms with Gasteiger partial charge >= 0.3 is 6.03 Å². The molecule has 3 heterocycles. The molecule has 2 amide bonds. The van der Waals surface area contributed by atoms with Crippen LogP contribution in [0.3, 0.4) is 0 Å². The first kappa shape index (κ1) is 18.2. The fourth-order valence-corrected chi connectivity index (χ4v) is 5.05. The molecular weight excluding hydrogens is 361 g/mol. The maximum Gasteiger partial charge on any atom is 0.320 e. The van der Waals surface area contributed by atoms with Gasteiger partial charge in [0.2, 0.25) is 0 Å². The molecule has 1 atom stereocenters. The van der Waals surface area contributed by atoms with Gasteiger partial charge in [-0.25, -0.2) is 4.79 Å². The summed E-state index contributed by atoms with van der Waals surface area (Å²) >= 11 is 0. The van der Waals surface area contributed by atoms with E-state index in [0.29, 0.717) is 12.1 Å². The van der Waals surface area contributed by atoms with E-state index in [4.69, 9.17) is 0 Å². The van der Waals surface area contributed by atoms with E-state index in [1.54, 1.807) is 6.20 Å². The molecule has 2 aliphatic rings. The largest absolute Gasteiger partial charge is 0.324 e. The summed E-state index contributed by atoms with van der Waals surface area (Å²) in [5.41, 5.74) is 3.32. The number of benzene rings is 1. The van der Waals surface area contributed by atoms with Crippen molar-refractivity contribution < 1.29 is 9.36 Å². The van der Waals surface area contributed by atoms with Gasteiger partial charge in [0.25, 0.3) is 0 Å². The number of nitrogens with zero attached hydrogens (tertiary/aromatic N) is 4. The van der Waals surface area contributed by atoms with E-state index in [-0.39, 0.29) is 11.9 Å². The molecule has 1 N–H and O–H groups in total. The van der Waals surface area contributed by atoms with Crippen molar-refractivity contribution in [3.05, 3.63) is 47.3 Å². The average Bonchev–Trinajstić information content (AvgIpc) is 3.25. The Kier molecular flexibility index (Phi) is 4.81. The highest BCUT2D eigenvalue weighted by Crippen LogP contribution is 2.40. The van der Waals surface area contributed by atoms with E-state index in [2.05, 4.69) is 39.7 Å². The van der Waals surface area contributed by atoms with E-state index < -0.39 is 7.14 Å². The van der Waals surface area contributed by atoms with Gasteiger partial charge in [-0.15, -0.1) is 0 Å². The van der Waals surface area contributed by atoms with Gasteiger partial charge in [-0.05, 0) is 30.9 Å². The van der Waals surface area contributed by atoms with Crippen molar-refractivity contribution in [1.29, 1.82) is 0 Å². The second-order valence-electron chi connectivity index (χ2n) is 8.18. The minimum atomic E-state index is -2.05. The van der Waals surface area contributed by atoms with Crippen molar-refractivity contribution in [3.63, 3.8) is 0 Å². The summed E-state index contributed by atoms with van der Waals surface area (Å²) in [7, 11) is -2.05. The van der Waals surface area contributed by atoms with Gasteiger partial charge in [0.05, 0.1) is 19.0 Å². The van der Waals surface area contributed by atoms with Gasteiger partial charge in [-0.2, -0.15) is 15.4 Å². The van der Waals surface area contributed by atoms with Crippen LogP contribution in [0.5, 0.6) is 0 Å². The number of likely N-dealkylation sites (tertiary alicyclic amines) is 2. The Morgan fingerprint density at radius 3 is 2.48 bits per heavy atom. The molecule has 1 aromatic carbocycles. The van der Waals surface area contributed by atoms with Crippen LogP contribution in [0.2, 0.25) is 0 Å². The van der Waals surface area contributed by atoms with Crippen molar-refractivity contribution in [2.75, 3.05) is 39.5 Å². The molecule has 0 aliphatic carbocycles. The molecule has 8 heteroatoms. The maximum atomic E-state index is 12.7. The Hall–Kier alpha value is -2.14. The molecule has 1 aromatic heterocycles. The molecule has 0 spiro atoms. The fourth-order valence-electron chi connectivity index (χ4n) is 3.96. The number of carbonyl (C=O) groups excluding carboxylic acids is 1. The quantitative estimate of drug-likeness (QED) is 0.818. The van der Waals surface area contributed by atoms with Crippen LogP contribution in [0.15, 0.2) is 30.5 Å². The van der Waals surface area contributed by atoms with Crippen molar-refractivity contribution in [3.8, 4) is 0 Å². The number of aromatic amines is 1. The van der Waals surface area contributed by atoms with Crippen LogP contribution in [0.25, 0.3) is 0 Å². The summed E-state index contributed by atoms with van der Waals surface area (Å²) < 4.78 is 12.0. The molecule has 2 saturated heterocycles. The minimum absolute atomic E-state index is 0.131. The number of amides is 2. The van der Waals surface area contributed by atoms with E-state index in [1.807, 2.05) is 23.1 Å². The summed E-state index contributed by atoms with van der Waals surface area (Å²) in [6.45, 7) is 6.67. The first-order valence-corrected chi connectivity index (χ1v) is 12.2. The number of aromatic nitrogens is 3. The first-order chi connectivity index (χ1) is 12.9. The summed E-state index contributed by atoms with van der Waals surface area (Å²) in [5, 5.41) is 10.7. The van der Waals surface area contributed by atoms with Crippen molar-refractivity contribution >= 4 is 13.2 Å². The third kappa shape index (κ3) is 4.08. The number of hydrogen-bond acceptors (Lipinski definition) is 4. The Labute approximate surface area is 159 Å². The zero-order valence-corrected chi connectivity index (χ0v) is 16.7. The molecule has 0 unspecified atom stereocenters. The van der Waals surface area contributed by atoms with Crippen molar-refractivity contribution in [2.45, 2.75) is 24.4 Å². The van der Waals surface area contributed by atoms with Gasteiger partial charge < -0.3 is 14.4 Å². The predicted octanol–water partition coefficient (Wildman–Crippen LogP) is 2.94. The standard InChI is InChI=1S/C19H26N5O2P/c1-27(2,26)13-14-3-5-15(6-4-14)17-11-24(12-17)19(25)23-8-7-16(10-23)18-9-20-22-21-18/h3-6,9,16-17H,7-8,10-13H2,1-2H3,(H,20,21,22)/t16-/m0/s1. The normalized spacial score (nSPS) is 20.7. The van der Waals surface area contributed by atoms with Crippen LogP contribution in [0.4, 0.5) is 4.79 Å². The molecule has 144 valence electrons. The maximum absolute atomic E-state index is 12.7. The Bertz CT molecular complexity index is 839. The van der Waals surface area contributed by atoms with Gasteiger partial charge in [-0.3, -0.25) is 0 Å². The Morgan fingerprint density at radius 1 is 1.15 bits per heavy atom. The first-order valence-electron chi connectivity index (χ1n) is 9.41. The van der Waals surface area contributed by atoms with E-state index in [0.717, 1.165) is 43.9 Å². The van der Waals surface area contributed by atoms with Gasteiger partial charge in [-0.1, -0.05) is 24.3 Å². The lowest BCUT2D eigenvalue weighted by Gasteiger charge is -2.41. The molecule has 27 heavy (non-hydrogen) atoms. The van der Waals surface area contributed by atoms with Crippen LogP contribution in [0.1, 0.15) is 35.1 Å². The number of nitrogens with one attached hydrogen (secondary N) is 1. The van der Waals surface area contributed by atoms with Crippen LogP contribution >= 0.6 is 7.14 Å². The number of H-pyrrole nitrogens is 1. The van der Waals surface area contributed by atoms with Gasteiger partial charge in [0.1, 0.15) is 0 Å². The zero-order valence-electron chi connectivity index (χ0n) is 15.8. The number of rotatable bonds is 4. The molecular formula is C19H26N5O2P. The van der Waals surface area contributed by atoms with E-state index >= 15 is 0 Å². The summed E-state index contributed by atoms with van der Waals surface area (Å²) in [6, 6.07) is 8.51. The SMILES string of the molecule is CP(C)(=O)Cc1ccc(C2CN(C(=O)N3CC[C@H](c4cn[nH]n4)C3)C2)cc1. The number of hydrogen-bond donors (Lipinski definition) is 1. The second kappa shape index (κ2) is 7.12. The van der Waals surface area contributed by atoms with E-state index in [1.165, 1.54) is 5.56 Å². The highest BCUT2D eigenvalue weighted by Gasteiger charge is 2.37. The highest BCUT2D eigenvalue weighted by atomic mass is 31.2. The highest BCUT2D eigenvalue weighted by molar-refractivity contribution is 7.61. The Morgan fingerprint density at radius 2 is 1.85 bits per heavy atom. The lowest BCUT2D eigenvalue weighted by atomic mass is 9.91. The zero-order chi connectivity index (χ0) is 19.0. The molecule has 0 saturated carbocycles. The van der Waals surface area contributed by atoms with Gasteiger partial charge in [0, 0.05) is 44.2 Å². The number of carbonyl (C=O) groups is 1. The number of urea groups is 1. The van der Waals surface area contributed by atoms with Crippen LogP contribution < -0.4 is 0 Å². The summed E-state index contributed by atoms with van der Waals surface area (Å²) in [4.78, 5) is 16.6. The molecule has 4 rings (SSSR count). The smallest absolute Gasteiger partial charge is 0.320 e. The fraction of sp³-hybridized carbons (Fsp3) is 0.526. The third-order valence-electron chi connectivity index (χ3n) is 5.48. The van der Waals surface area contributed by atoms with Crippen molar-refractivity contribution in [2.24, 2.45) is 0 Å². The molecule has 2 fully saturated rings. The predicted molar refractivity (Wildman–Crippen MR) is 105 cm³/mol. The van der Waals surface area contributed by atoms with Crippen LogP contribution in [-0.2, 0) is 10.7 Å². The third-order valence-corrected chi connectivity index (χ3v) is 6.60. The monoisotopic (exact) mass is 387 g/mol. The molecule has 2 aromatic rings. The second-order valence-corrected chi connectivity index (χ2v) is 11.6. The summed E-state index contributed by atoms with van der Waals surface area (Å²) in [5.74, 6) is 0.678. The minimum Gasteiger partial charge on any atom is -0.324 e.